The molecule has 164 valence electrons. The highest BCUT2D eigenvalue weighted by Crippen LogP contribution is 2.17. The predicted octanol–water partition coefficient (Wildman–Crippen LogP) is 2.38. The van der Waals surface area contributed by atoms with E-state index in [-0.39, 0.29) is 35.4 Å². The molecule has 0 unspecified atom stereocenters. The van der Waals surface area contributed by atoms with E-state index in [2.05, 4.69) is 5.32 Å². The normalized spacial score (nSPS) is 11.1. The second-order valence-electron chi connectivity index (χ2n) is 7.46. The fraction of sp³-hybridized carbons (Fsp3) is 0.364. The number of fused-ring (bicyclic) bond motifs is 1. The summed E-state index contributed by atoms with van der Waals surface area (Å²) in [6.07, 6.45) is 1.13. The average Bonchev–Trinajstić information content (AvgIpc) is 2.73. The highest BCUT2D eigenvalue weighted by Gasteiger charge is 2.22. The minimum atomic E-state index is -0.729. The molecule has 2 aromatic heterocycles. The number of aryl methyl sites for hydroxylation is 3. The molecule has 0 radical (unpaired) electrons. The van der Waals surface area contributed by atoms with Crippen LogP contribution in [0.5, 0.6) is 0 Å². The molecule has 9 heteroatoms. The first-order valence-electron chi connectivity index (χ1n) is 10.2. The zero-order valence-electron chi connectivity index (χ0n) is 18.0. The van der Waals surface area contributed by atoms with Crippen molar-refractivity contribution < 1.29 is 9.18 Å². The lowest BCUT2D eigenvalue weighted by atomic mass is 10.1. The van der Waals surface area contributed by atoms with Crippen LogP contribution in [0.3, 0.4) is 0 Å². The molecule has 2 heterocycles. The molecule has 0 saturated carbocycles. The molecular weight excluding hydrogens is 403 g/mol. The number of carbonyl (C=O) groups excluding carboxylic acids is 1. The quantitative estimate of drug-likeness (QED) is 0.652. The van der Waals surface area contributed by atoms with Gasteiger partial charge < -0.3 is 5.32 Å². The second kappa shape index (κ2) is 8.71. The summed E-state index contributed by atoms with van der Waals surface area (Å²) in [5.41, 5.74) is -1.14. The van der Waals surface area contributed by atoms with Gasteiger partial charge in [0.25, 0.3) is 17.0 Å². The number of amides is 1. The molecule has 31 heavy (non-hydrogen) atoms. The van der Waals surface area contributed by atoms with Crippen LogP contribution < -0.4 is 22.1 Å². The lowest BCUT2D eigenvalue weighted by Gasteiger charge is -2.17. The highest BCUT2D eigenvalue weighted by molar-refractivity contribution is 6.11. The van der Waals surface area contributed by atoms with Crippen LogP contribution in [-0.2, 0) is 20.1 Å². The molecule has 1 amide bonds. The molecule has 1 aromatic carbocycles. The maximum Gasteiger partial charge on any atom is 0.332 e. The number of carbonyl (C=O) groups is 1. The maximum absolute atomic E-state index is 13.9. The van der Waals surface area contributed by atoms with Crippen LogP contribution in [0.15, 0.2) is 38.6 Å². The molecule has 3 rings (SSSR count). The van der Waals surface area contributed by atoms with E-state index in [1.165, 1.54) is 34.4 Å². The van der Waals surface area contributed by atoms with Crippen LogP contribution >= 0.6 is 0 Å². The van der Waals surface area contributed by atoms with Crippen molar-refractivity contribution in [2.24, 2.45) is 7.05 Å². The van der Waals surface area contributed by atoms with Crippen LogP contribution in [0.25, 0.3) is 11.0 Å². The van der Waals surface area contributed by atoms with Gasteiger partial charge in [0.2, 0.25) is 0 Å². The van der Waals surface area contributed by atoms with Gasteiger partial charge >= 0.3 is 5.69 Å². The summed E-state index contributed by atoms with van der Waals surface area (Å²) in [7, 11) is 1.47. The monoisotopic (exact) mass is 428 g/mol. The third-order valence-corrected chi connectivity index (χ3v) is 5.15. The molecule has 0 aliphatic carbocycles. The van der Waals surface area contributed by atoms with Crippen molar-refractivity contribution in [1.82, 2.24) is 13.7 Å². The van der Waals surface area contributed by atoms with Gasteiger partial charge in [0.15, 0.2) is 0 Å². The Morgan fingerprint density at radius 3 is 2.29 bits per heavy atom. The van der Waals surface area contributed by atoms with E-state index in [9.17, 15) is 23.6 Å². The smallest absolute Gasteiger partial charge is 0.322 e. The minimum absolute atomic E-state index is 0.0197. The van der Waals surface area contributed by atoms with Crippen LogP contribution in [0.2, 0.25) is 0 Å². The van der Waals surface area contributed by atoms with E-state index < -0.39 is 28.5 Å². The van der Waals surface area contributed by atoms with Gasteiger partial charge in [0.1, 0.15) is 11.5 Å². The van der Waals surface area contributed by atoms with Crippen molar-refractivity contribution in [3.63, 3.8) is 0 Å². The summed E-state index contributed by atoms with van der Waals surface area (Å²) in [5.74, 6) is -1.22. The molecular formula is C22H25FN4O4. The zero-order chi connectivity index (χ0) is 22.9. The van der Waals surface area contributed by atoms with Crippen molar-refractivity contribution in [2.75, 3.05) is 5.32 Å². The summed E-state index contributed by atoms with van der Waals surface area (Å²) in [4.78, 5) is 51.8. The zero-order valence-corrected chi connectivity index (χ0v) is 18.0. The number of rotatable bonds is 6. The van der Waals surface area contributed by atoms with Crippen molar-refractivity contribution in [3.8, 4) is 0 Å². The van der Waals surface area contributed by atoms with Gasteiger partial charge in [-0.25, -0.2) is 9.18 Å². The Morgan fingerprint density at radius 1 is 1.03 bits per heavy atom. The van der Waals surface area contributed by atoms with Crippen molar-refractivity contribution in [3.05, 3.63) is 72.4 Å². The molecule has 0 aliphatic rings. The molecule has 0 spiro atoms. The number of hydrogen-bond acceptors (Lipinski definition) is 4. The van der Waals surface area contributed by atoms with Gasteiger partial charge in [-0.2, -0.15) is 0 Å². The number of hydrogen-bond donors (Lipinski definition) is 1. The maximum atomic E-state index is 13.9. The molecule has 0 fully saturated rings. The largest absolute Gasteiger partial charge is 0.332 e. The number of nitrogens with zero attached hydrogens (tertiary/aromatic N) is 3. The fourth-order valence-corrected chi connectivity index (χ4v) is 3.60. The van der Waals surface area contributed by atoms with Gasteiger partial charge in [-0.1, -0.05) is 19.9 Å². The summed E-state index contributed by atoms with van der Waals surface area (Å²) in [6.45, 7) is 5.75. The third kappa shape index (κ3) is 3.95. The van der Waals surface area contributed by atoms with Crippen LogP contribution in [-0.4, -0.2) is 19.6 Å². The van der Waals surface area contributed by atoms with E-state index in [0.29, 0.717) is 18.4 Å². The molecule has 1 N–H and O–H groups in total. The Kier molecular flexibility index (Phi) is 6.24. The third-order valence-electron chi connectivity index (χ3n) is 5.15. The van der Waals surface area contributed by atoms with Crippen LogP contribution in [0, 0.1) is 12.7 Å². The lowest BCUT2D eigenvalue weighted by molar-refractivity contribution is 0.102. The Morgan fingerprint density at radius 2 is 1.68 bits per heavy atom. The van der Waals surface area contributed by atoms with Crippen LogP contribution in [0.4, 0.5) is 10.1 Å². The van der Waals surface area contributed by atoms with E-state index in [1.54, 1.807) is 6.92 Å². The second-order valence-corrected chi connectivity index (χ2v) is 7.46. The summed E-state index contributed by atoms with van der Waals surface area (Å²) < 4.78 is 17.5. The van der Waals surface area contributed by atoms with Gasteiger partial charge in [0.05, 0.1) is 10.9 Å². The van der Waals surface area contributed by atoms with Crippen molar-refractivity contribution in [2.45, 2.75) is 46.7 Å². The number of halogens is 1. The van der Waals surface area contributed by atoms with Crippen LogP contribution in [0.1, 0.15) is 42.6 Å². The van der Waals surface area contributed by atoms with Crippen molar-refractivity contribution in [1.29, 1.82) is 0 Å². The molecule has 0 bridgehead atoms. The first-order valence-corrected chi connectivity index (χ1v) is 10.2. The average molecular weight is 428 g/mol. The molecule has 0 saturated heterocycles. The molecule has 0 atom stereocenters. The molecule has 8 nitrogen and oxygen atoms in total. The highest BCUT2D eigenvalue weighted by atomic mass is 19.1. The molecule has 0 aliphatic heterocycles. The summed E-state index contributed by atoms with van der Waals surface area (Å²) >= 11 is 0. The topological polar surface area (TPSA) is 95.1 Å². The Hall–Kier alpha value is -3.49. The fourth-order valence-electron chi connectivity index (χ4n) is 3.60. The van der Waals surface area contributed by atoms with Crippen molar-refractivity contribution >= 4 is 22.6 Å². The standard InChI is InChI=1S/C22H25FN4O4/c1-5-9-26-17(28)12-15(19(29)24-14-8-7-13(3)16(23)11-14)18-20(26)25(4)22(31)27(10-6-2)21(18)30/h7-8,11-12H,5-6,9-10H2,1-4H3,(H,24,29). The first-order chi connectivity index (χ1) is 14.7. The number of pyridine rings is 1. The first kappa shape index (κ1) is 22.2. The van der Waals surface area contributed by atoms with E-state index in [1.807, 2.05) is 13.8 Å². The Labute approximate surface area is 177 Å². The number of aromatic nitrogens is 3. The van der Waals surface area contributed by atoms with E-state index in [0.717, 1.165) is 10.6 Å². The van der Waals surface area contributed by atoms with E-state index >= 15 is 0 Å². The number of nitrogens with one attached hydrogen (secondary N) is 1. The lowest BCUT2D eigenvalue weighted by Crippen LogP contribution is -2.42. The van der Waals surface area contributed by atoms with Gasteiger partial charge in [-0.3, -0.25) is 28.1 Å². The van der Waals surface area contributed by atoms with Gasteiger partial charge in [-0.05, 0) is 37.5 Å². The summed E-state index contributed by atoms with van der Waals surface area (Å²) in [6, 6.07) is 5.31. The summed E-state index contributed by atoms with van der Waals surface area (Å²) in [5, 5.41) is 2.53. The number of benzene rings is 1. The predicted molar refractivity (Wildman–Crippen MR) is 117 cm³/mol. The Balaban J connectivity index is 2.32. The Bertz CT molecular complexity index is 1350. The van der Waals surface area contributed by atoms with E-state index in [4.69, 9.17) is 0 Å². The SMILES string of the molecule is CCCn1c(=O)c2c(C(=O)Nc3ccc(C)c(F)c3)cc(=O)n(CCC)c2n(C)c1=O. The minimum Gasteiger partial charge on any atom is -0.322 e. The number of anilines is 1. The van der Waals surface area contributed by atoms with Gasteiger partial charge in [-0.15, -0.1) is 0 Å². The molecule has 3 aromatic rings. The van der Waals surface area contributed by atoms with Gasteiger partial charge in [0, 0.05) is 31.9 Å².